The van der Waals surface area contributed by atoms with Gasteiger partial charge in [-0.2, -0.15) is 0 Å². The zero-order chi connectivity index (χ0) is 14.8. The van der Waals surface area contributed by atoms with E-state index in [9.17, 15) is 0 Å². The van der Waals surface area contributed by atoms with Crippen molar-refractivity contribution < 1.29 is 0 Å². The summed E-state index contributed by atoms with van der Waals surface area (Å²) in [7, 11) is 0. The molecule has 1 fully saturated rings. The van der Waals surface area contributed by atoms with Crippen molar-refractivity contribution in [1.82, 2.24) is 4.98 Å². The number of nitrogens with zero attached hydrogens (tertiary/aromatic N) is 1. The van der Waals surface area contributed by atoms with Crippen LogP contribution in [0.25, 0.3) is 10.9 Å². The van der Waals surface area contributed by atoms with Crippen LogP contribution in [0.2, 0.25) is 0 Å². The van der Waals surface area contributed by atoms with Crippen LogP contribution in [0.5, 0.6) is 0 Å². The molecular formula is C20H20N2. The summed E-state index contributed by atoms with van der Waals surface area (Å²) >= 11 is 0. The van der Waals surface area contributed by atoms with Crippen molar-refractivity contribution in [3.8, 4) is 0 Å². The van der Waals surface area contributed by atoms with E-state index in [0.29, 0.717) is 5.92 Å². The molecule has 2 nitrogen and oxygen atoms in total. The molecule has 0 spiro atoms. The van der Waals surface area contributed by atoms with Crippen LogP contribution in [-0.4, -0.2) is 11.2 Å². The van der Waals surface area contributed by atoms with Crippen LogP contribution in [-0.2, 0) is 0 Å². The minimum Gasteiger partial charge on any atom is -0.358 e. The van der Waals surface area contributed by atoms with Gasteiger partial charge < -0.3 is 4.98 Å². The number of hydrogen-bond acceptors (Lipinski definition) is 1. The second-order valence-electron chi connectivity index (χ2n) is 6.11. The van der Waals surface area contributed by atoms with Gasteiger partial charge in [-0.1, -0.05) is 49.2 Å². The van der Waals surface area contributed by atoms with Gasteiger partial charge in [0.15, 0.2) is 0 Å². The standard InChI is InChI=1S/C20H20N2/c1-2-11-18(12-3-1)21-14-17-10-6-9-16-13-19(22-20(16)17)15-7-4-5-8-15/h1-3,6,9-15,22H,4-5,7-8H2. The van der Waals surface area contributed by atoms with Crippen LogP contribution in [0.1, 0.15) is 42.9 Å². The Balaban J connectivity index is 1.70. The summed E-state index contributed by atoms with van der Waals surface area (Å²) in [6, 6.07) is 18.8. The van der Waals surface area contributed by atoms with Crippen molar-refractivity contribution >= 4 is 22.8 Å². The predicted octanol–water partition coefficient (Wildman–Crippen LogP) is 5.58. The fourth-order valence-electron chi connectivity index (χ4n) is 3.42. The number of hydrogen-bond donors (Lipinski definition) is 1. The van der Waals surface area contributed by atoms with Crippen LogP contribution in [0.4, 0.5) is 5.69 Å². The highest BCUT2D eigenvalue weighted by Gasteiger charge is 2.19. The maximum Gasteiger partial charge on any atom is 0.0629 e. The van der Waals surface area contributed by atoms with Crippen LogP contribution in [0.3, 0.4) is 0 Å². The fraction of sp³-hybridized carbons (Fsp3) is 0.250. The molecule has 2 heteroatoms. The molecule has 1 saturated carbocycles. The molecule has 0 unspecified atom stereocenters. The Morgan fingerprint density at radius 2 is 1.77 bits per heavy atom. The van der Waals surface area contributed by atoms with Gasteiger partial charge in [-0.05, 0) is 37.0 Å². The van der Waals surface area contributed by atoms with Gasteiger partial charge in [0.1, 0.15) is 0 Å². The van der Waals surface area contributed by atoms with Gasteiger partial charge >= 0.3 is 0 Å². The maximum absolute atomic E-state index is 4.59. The Labute approximate surface area is 130 Å². The molecule has 0 bridgehead atoms. The van der Waals surface area contributed by atoms with Crippen molar-refractivity contribution in [2.45, 2.75) is 31.6 Å². The molecule has 22 heavy (non-hydrogen) atoms. The average Bonchev–Trinajstić information content (AvgIpc) is 3.22. The van der Waals surface area contributed by atoms with E-state index in [2.05, 4.69) is 34.2 Å². The third-order valence-electron chi connectivity index (χ3n) is 4.61. The number of rotatable bonds is 3. The number of aliphatic imine (C=N–C) groups is 1. The summed E-state index contributed by atoms with van der Waals surface area (Å²) in [6.45, 7) is 0. The summed E-state index contributed by atoms with van der Waals surface area (Å²) < 4.78 is 0. The van der Waals surface area contributed by atoms with Gasteiger partial charge in [0.25, 0.3) is 0 Å². The highest BCUT2D eigenvalue weighted by molar-refractivity contribution is 5.99. The molecule has 4 rings (SSSR count). The number of aromatic nitrogens is 1. The van der Waals surface area contributed by atoms with E-state index in [1.807, 2.05) is 36.5 Å². The van der Waals surface area contributed by atoms with Crippen molar-refractivity contribution in [1.29, 1.82) is 0 Å². The topological polar surface area (TPSA) is 28.1 Å². The zero-order valence-corrected chi connectivity index (χ0v) is 12.6. The number of nitrogens with one attached hydrogen (secondary N) is 1. The quantitative estimate of drug-likeness (QED) is 0.610. The summed E-state index contributed by atoms with van der Waals surface area (Å²) in [5.41, 5.74) is 4.75. The third kappa shape index (κ3) is 2.57. The fourth-order valence-corrected chi connectivity index (χ4v) is 3.42. The molecule has 0 atom stereocenters. The van der Waals surface area contributed by atoms with Crippen LogP contribution in [0.15, 0.2) is 59.6 Å². The summed E-state index contributed by atoms with van der Waals surface area (Å²) in [5, 5.41) is 1.29. The second-order valence-corrected chi connectivity index (χ2v) is 6.11. The van der Waals surface area contributed by atoms with Gasteiger partial charge in [0.05, 0.1) is 11.2 Å². The van der Waals surface area contributed by atoms with Crippen molar-refractivity contribution in [3.63, 3.8) is 0 Å². The molecule has 0 saturated heterocycles. The first-order valence-electron chi connectivity index (χ1n) is 8.11. The first kappa shape index (κ1) is 13.3. The molecule has 1 heterocycles. The van der Waals surface area contributed by atoms with E-state index in [1.165, 1.54) is 42.3 Å². The molecule has 1 aliphatic rings. The highest BCUT2D eigenvalue weighted by atomic mass is 14.7. The molecule has 2 aromatic carbocycles. The normalized spacial score (nSPS) is 16.0. The Morgan fingerprint density at radius 3 is 2.59 bits per heavy atom. The number of fused-ring (bicyclic) bond motifs is 1. The smallest absolute Gasteiger partial charge is 0.0629 e. The molecule has 0 aliphatic heterocycles. The zero-order valence-electron chi connectivity index (χ0n) is 12.6. The van der Waals surface area contributed by atoms with E-state index >= 15 is 0 Å². The van der Waals surface area contributed by atoms with E-state index in [0.717, 1.165) is 11.3 Å². The lowest BCUT2D eigenvalue weighted by molar-refractivity contribution is 0.705. The minimum absolute atomic E-state index is 0.714. The first-order valence-corrected chi connectivity index (χ1v) is 8.11. The van der Waals surface area contributed by atoms with Crippen LogP contribution < -0.4 is 0 Å². The van der Waals surface area contributed by atoms with Crippen molar-refractivity contribution in [2.24, 2.45) is 4.99 Å². The molecule has 0 amide bonds. The number of benzene rings is 2. The Kier molecular flexibility index (Phi) is 3.51. The minimum atomic E-state index is 0.714. The molecule has 1 aliphatic carbocycles. The molecule has 3 aromatic rings. The number of aromatic amines is 1. The van der Waals surface area contributed by atoms with Gasteiger partial charge in [-0.3, -0.25) is 4.99 Å². The molecule has 1 N–H and O–H groups in total. The summed E-state index contributed by atoms with van der Waals surface area (Å²) in [5.74, 6) is 0.714. The maximum atomic E-state index is 4.59. The molecule has 0 radical (unpaired) electrons. The lowest BCUT2D eigenvalue weighted by Gasteiger charge is -2.04. The Bertz CT molecular complexity index is 793. The first-order chi connectivity index (χ1) is 10.9. The summed E-state index contributed by atoms with van der Waals surface area (Å²) in [4.78, 5) is 8.24. The van der Waals surface area contributed by atoms with Gasteiger partial charge in [-0.15, -0.1) is 0 Å². The third-order valence-corrected chi connectivity index (χ3v) is 4.61. The van der Waals surface area contributed by atoms with Gasteiger partial charge in [0, 0.05) is 22.9 Å². The number of para-hydroxylation sites is 2. The van der Waals surface area contributed by atoms with Crippen LogP contribution in [0, 0.1) is 0 Å². The SMILES string of the molecule is C(=Nc1ccccc1)c1cccc2cc(C3CCCC3)[nH]c12. The van der Waals surface area contributed by atoms with Gasteiger partial charge in [-0.25, -0.2) is 0 Å². The lowest BCUT2D eigenvalue weighted by atomic mass is 10.0. The van der Waals surface area contributed by atoms with Crippen molar-refractivity contribution in [3.05, 3.63) is 65.9 Å². The highest BCUT2D eigenvalue weighted by Crippen LogP contribution is 2.35. The van der Waals surface area contributed by atoms with Crippen molar-refractivity contribution in [2.75, 3.05) is 0 Å². The lowest BCUT2D eigenvalue weighted by Crippen LogP contribution is -1.91. The molecule has 1 aromatic heterocycles. The van der Waals surface area contributed by atoms with Gasteiger partial charge in [0.2, 0.25) is 0 Å². The molecule has 110 valence electrons. The van der Waals surface area contributed by atoms with E-state index < -0.39 is 0 Å². The number of H-pyrrole nitrogens is 1. The predicted molar refractivity (Wildman–Crippen MR) is 93.2 cm³/mol. The largest absolute Gasteiger partial charge is 0.358 e. The average molecular weight is 288 g/mol. The van der Waals surface area contributed by atoms with Crippen LogP contribution >= 0.6 is 0 Å². The van der Waals surface area contributed by atoms with E-state index in [4.69, 9.17) is 0 Å². The Hall–Kier alpha value is -2.35. The monoisotopic (exact) mass is 288 g/mol. The Morgan fingerprint density at radius 1 is 0.955 bits per heavy atom. The van der Waals surface area contributed by atoms with E-state index in [1.54, 1.807) is 0 Å². The second kappa shape index (κ2) is 5.80. The summed E-state index contributed by atoms with van der Waals surface area (Å²) in [6.07, 6.45) is 7.33. The molecular weight excluding hydrogens is 268 g/mol. The van der Waals surface area contributed by atoms with E-state index in [-0.39, 0.29) is 0 Å².